The number of nitro groups is 1. The number of esters is 3. The predicted molar refractivity (Wildman–Crippen MR) is 145 cm³/mol. The van der Waals surface area contributed by atoms with Gasteiger partial charge in [0, 0.05) is 30.9 Å². The van der Waals surface area contributed by atoms with Gasteiger partial charge in [-0.2, -0.15) is 5.10 Å². The molecule has 2 spiro atoms. The van der Waals surface area contributed by atoms with Gasteiger partial charge in [-0.1, -0.05) is 42.8 Å². The topological polar surface area (TPSA) is 138 Å². The first kappa shape index (κ1) is 26.9. The molecule has 3 aliphatic heterocycles. The minimum atomic E-state index is -2.05. The van der Waals surface area contributed by atoms with Crippen LogP contribution in [-0.2, 0) is 28.6 Å². The monoisotopic (exact) mass is 561 g/mol. The van der Waals surface area contributed by atoms with Crippen molar-refractivity contribution in [1.82, 2.24) is 5.01 Å². The van der Waals surface area contributed by atoms with E-state index >= 15 is 0 Å². The Balaban J connectivity index is 1.59. The van der Waals surface area contributed by atoms with Gasteiger partial charge in [-0.15, -0.1) is 0 Å². The van der Waals surface area contributed by atoms with Crippen molar-refractivity contribution in [2.24, 2.45) is 10.5 Å². The summed E-state index contributed by atoms with van der Waals surface area (Å²) in [4.78, 5) is 53.9. The van der Waals surface area contributed by atoms with Gasteiger partial charge < -0.3 is 14.2 Å². The molecule has 2 saturated heterocycles. The van der Waals surface area contributed by atoms with Gasteiger partial charge in [0.15, 0.2) is 6.04 Å². The summed E-state index contributed by atoms with van der Waals surface area (Å²) in [5.74, 6) is -4.84. The van der Waals surface area contributed by atoms with E-state index in [0.29, 0.717) is 29.5 Å². The molecule has 214 valence electrons. The minimum absolute atomic E-state index is 0.175. The number of carbonyl (C=O) groups excluding carboxylic acids is 3. The number of carbonyl (C=O) groups is 3. The number of non-ortho nitro benzene ring substituents is 1. The van der Waals surface area contributed by atoms with Crippen LogP contribution in [0.1, 0.15) is 81.5 Å². The van der Waals surface area contributed by atoms with Gasteiger partial charge in [0.1, 0.15) is 11.6 Å². The molecule has 0 N–H and O–H groups in total. The van der Waals surface area contributed by atoms with Gasteiger partial charge in [0.25, 0.3) is 11.5 Å². The third kappa shape index (κ3) is 4.17. The zero-order chi connectivity index (χ0) is 29.2. The number of nitro benzene ring substituents is 1. The summed E-state index contributed by atoms with van der Waals surface area (Å²) in [5, 5.41) is 17.5. The number of nitrogens with zero attached hydrogens (tertiary/aromatic N) is 3. The van der Waals surface area contributed by atoms with Gasteiger partial charge >= 0.3 is 17.9 Å². The maximum absolute atomic E-state index is 14.5. The van der Waals surface area contributed by atoms with Crippen LogP contribution in [0.3, 0.4) is 0 Å². The van der Waals surface area contributed by atoms with Crippen molar-refractivity contribution in [3.63, 3.8) is 0 Å². The Morgan fingerprint density at radius 3 is 2.27 bits per heavy atom. The van der Waals surface area contributed by atoms with Crippen LogP contribution in [0.4, 0.5) is 5.69 Å². The van der Waals surface area contributed by atoms with Crippen LogP contribution in [-0.4, -0.2) is 51.5 Å². The lowest BCUT2D eigenvalue weighted by Crippen LogP contribution is -2.60. The molecule has 1 saturated carbocycles. The maximum atomic E-state index is 14.5. The van der Waals surface area contributed by atoms with E-state index in [0.717, 1.165) is 19.3 Å². The quantitative estimate of drug-likeness (QED) is 0.229. The Labute approximate surface area is 236 Å². The van der Waals surface area contributed by atoms with Crippen molar-refractivity contribution in [1.29, 1.82) is 0 Å². The number of fused-ring (bicyclic) bond motifs is 4. The highest BCUT2D eigenvalue weighted by Gasteiger charge is 2.76. The lowest BCUT2D eigenvalue weighted by atomic mass is 9.65. The average Bonchev–Trinajstić information content (AvgIpc) is 3.24. The summed E-state index contributed by atoms with van der Waals surface area (Å²) in [7, 11) is 0. The molecule has 41 heavy (non-hydrogen) atoms. The Bertz CT molecular complexity index is 1430. The first-order chi connectivity index (χ1) is 19.5. The lowest BCUT2D eigenvalue weighted by molar-refractivity contribution is -0.384. The third-order valence-corrected chi connectivity index (χ3v) is 8.37. The summed E-state index contributed by atoms with van der Waals surface area (Å²) < 4.78 is 18.0. The van der Waals surface area contributed by atoms with E-state index in [4.69, 9.17) is 14.2 Å². The van der Waals surface area contributed by atoms with Crippen LogP contribution in [0.15, 0.2) is 53.6 Å². The van der Waals surface area contributed by atoms with Crippen molar-refractivity contribution in [2.75, 3.05) is 0 Å². The first-order valence-electron chi connectivity index (χ1n) is 13.8. The van der Waals surface area contributed by atoms with E-state index in [-0.39, 0.29) is 5.69 Å². The van der Waals surface area contributed by atoms with Crippen LogP contribution in [0.5, 0.6) is 0 Å². The van der Waals surface area contributed by atoms with Crippen molar-refractivity contribution < 1.29 is 33.5 Å². The Morgan fingerprint density at radius 2 is 1.66 bits per heavy atom. The highest BCUT2D eigenvalue weighted by atomic mass is 16.7. The van der Waals surface area contributed by atoms with Gasteiger partial charge in [-0.25, -0.2) is 4.79 Å². The minimum Gasteiger partial charge on any atom is -0.458 e. The molecular weight excluding hydrogens is 530 g/mol. The Morgan fingerprint density at radius 1 is 1.02 bits per heavy atom. The van der Waals surface area contributed by atoms with Crippen molar-refractivity contribution >= 4 is 29.8 Å². The number of hydrogen-bond donors (Lipinski definition) is 0. The summed E-state index contributed by atoms with van der Waals surface area (Å²) in [6.45, 7) is 5.16. The third-order valence-electron chi connectivity index (χ3n) is 8.37. The normalized spacial score (nSPS) is 25.7. The number of benzene rings is 2. The molecule has 2 aromatic carbocycles. The van der Waals surface area contributed by atoms with E-state index in [1.165, 1.54) is 29.3 Å². The average molecular weight is 562 g/mol. The fourth-order valence-corrected chi connectivity index (χ4v) is 6.71. The number of hydrazone groups is 1. The molecule has 3 atom stereocenters. The standard InChI is InChI=1S/C30H31N3O8/c1-28(2,3)39-25(34)23-22(18-11-13-20(14-12-18)33(37)38)30(24-21-10-6-5-9-19(21)17-31-32(23)24)26(35)40-29(41-27(30)36)15-7-4-8-16-29/h5-6,9-14,17,22-24H,4,7-8,15-16H2,1-3H3/t22-,23+,24?/m1/s1. The predicted octanol–water partition coefficient (Wildman–Crippen LogP) is 4.54. The zero-order valence-corrected chi connectivity index (χ0v) is 23.1. The number of rotatable bonds is 3. The smallest absolute Gasteiger partial charge is 0.331 e. The molecule has 2 aromatic rings. The molecule has 3 heterocycles. The fourth-order valence-electron chi connectivity index (χ4n) is 6.71. The lowest BCUT2D eigenvalue weighted by Gasteiger charge is -2.47. The fraction of sp³-hybridized carbons (Fsp3) is 0.467. The maximum Gasteiger partial charge on any atom is 0.331 e. The molecule has 1 unspecified atom stereocenters. The van der Waals surface area contributed by atoms with Crippen LogP contribution >= 0.6 is 0 Å². The second-order valence-corrected chi connectivity index (χ2v) is 12.1. The largest absolute Gasteiger partial charge is 0.458 e. The van der Waals surface area contributed by atoms with Crippen LogP contribution < -0.4 is 0 Å². The SMILES string of the molecule is CC(C)(C)OC(=O)[C@@H]1[C@@H](c2ccc([N+](=O)[O-])cc2)C2(C(=O)OC3(CCCCC3)OC2=O)C2c3ccccc3C=NN21. The van der Waals surface area contributed by atoms with Gasteiger partial charge in [-0.3, -0.25) is 24.7 Å². The Kier molecular flexibility index (Phi) is 6.16. The van der Waals surface area contributed by atoms with Crippen molar-refractivity contribution in [3.8, 4) is 0 Å². The van der Waals surface area contributed by atoms with Gasteiger partial charge in [-0.05, 0) is 50.3 Å². The van der Waals surface area contributed by atoms with Crippen molar-refractivity contribution in [3.05, 3.63) is 75.3 Å². The molecule has 1 aliphatic carbocycles. The summed E-state index contributed by atoms with van der Waals surface area (Å²) in [5.41, 5.74) is -1.48. The van der Waals surface area contributed by atoms with E-state index in [2.05, 4.69) is 5.10 Å². The van der Waals surface area contributed by atoms with Crippen LogP contribution in [0, 0.1) is 15.5 Å². The summed E-state index contributed by atoms with van der Waals surface area (Å²) >= 11 is 0. The molecule has 0 aromatic heterocycles. The highest BCUT2D eigenvalue weighted by Crippen LogP contribution is 2.63. The van der Waals surface area contributed by atoms with Gasteiger partial charge in [0.05, 0.1) is 11.1 Å². The zero-order valence-electron chi connectivity index (χ0n) is 23.1. The van der Waals surface area contributed by atoms with E-state index < -0.39 is 57.6 Å². The first-order valence-corrected chi connectivity index (χ1v) is 13.8. The number of ether oxygens (including phenoxy) is 3. The van der Waals surface area contributed by atoms with Gasteiger partial charge in [0.2, 0.25) is 5.41 Å². The second-order valence-electron chi connectivity index (χ2n) is 12.1. The molecule has 11 nitrogen and oxygen atoms in total. The van der Waals surface area contributed by atoms with Crippen molar-refractivity contribution in [2.45, 2.75) is 82.3 Å². The van der Waals surface area contributed by atoms with E-state index in [1.807, 2.05) is 12.1 Å². The van der Waals surface area contributed by atoms with Crippen LogP contribution in [0.2, 0.25) is 0 Å². The molecular formula is C30H31N3O8. The highest BCUT2D eigenvalue weighted by molar-refractivity contribution is 6.06. The molecule has 4 aliphatic rings. The molecule has 0 bridgehead atoms. The molecule has 3 fully saturated rings. The molecule has 0 amide bonds. The van der Waals surface area contributed by atoms with E-state index in [9.17, 15) is 24.5 Å². The second kappa shape index (κ2) is 9.39. The van der Waals surface area contributed by atoms with E-state index in [1.54, 1.807) is 39.1 Å². The number of hydrogen-bond acceptors (Lipinski definition) is 10. The van der Waals surface area contributed by atoms with Crippen LogP contribution in [0.25, 0.3) is 0 Å². The molecule has 0 radical (unpaired) electrons. The Hall–Kier alpha value is -4.28. The summed E-state index contributed by atoms with van der Waals surface area (Å²) in [6, 6.07) is 10.4. The summed E-state index contributed by atoms with van der Waals surface area (Å²) in [6.07, 6.45) is 4.78. The molecule has 6 rings (SSSR count). The molecule has 11 heteroatoms.